The van der Waals surface area contributed by atoms with Gasteiger partial charge in [0, 0.05) is 5.56 Å². The molecular weight excluding hydrogens is 354 g/mol. The molecule has 8 heteroatoms. The van der Waals surface area contributed by atoms with Crippen LogP contribution in [0.1, 0.15) is 15.9 Å². The van der Waals surface area contributed by atoms with E-state index in [4.69, 9.17) is 21.7 Å². The van der Waals surface area contributed by atoms with Gasteiger partial charge in [0.05, 0.1) is 7.11 Å². The van der Waals surface area contributed by atoms with Gasteiger partial charge in [-0.1, -0.05) is 17.7 Å². The number of ether oxygens (including phenoxy) is 2. The maximum Gasteiger partial charge on any atom is 0.269 e. The van der Waals surface area contributed by atoms with Crippen molar-refractivity contribution in [2.45, 2.75) is 6.92 Å². The average molecular weight is 373 g/mol. The van der Waals surface area contributed by atoms with Crippen molar-refractivity contribution in [2.24, 2.45) is 0 Å². The van der Waals surface area contributed by atoms with E-state index < -0.39 is 11.8 Å². The summed E-state index contributed by atoms with van der Waals surface area (Å²) in [6.45, 7) is 1.76. The quantitative estimate of drug-likeness (QED) is 0.546. The summed E-state index contributed by atoms with van der Waals surface area (Å²) in [5, 5.41) is 2.37. The highest BCUT2D eigenvalue weighted by Crippen LogP contribution is 2.11. The van der Waals surface area contributed by atoms with Gasteiger partial charge in [0.25, 0.3) is 11.8 Å². The number of amides is 2. The zero-order valence-corrected chi connectivity index (χ0v) is 15.2. The smallest absolute Gasteiger partial charge is 0.269 e. The molecule has 136 valence electrons. The van der Waals surface area contributed by atoms with Crippen LogP contribution in [0.15, 0.2) is 48.5 Å². The lowest BCUT2D eigenvalue weighted by molar-refractivity contribution is -0.121. The largest absolute Gasteiger partial charge is 0.497 e. The van der Waals surface area contributed by atoms with E-state index in [1.165, 1.54) is 0 Å². The molecule has 0 unspecified atom stereocenters. The molecule has 0 bridgehead atoms. The van der Waals surface area contributed by atoms with Crippen molar-refractivity contribution in [3.63, 3.8) is 0 Å². The monoisotopic (exact) mass is 373 g/mol. The second kappa shape index (κ2) is 9.38. The number of hydrogen-bond acceptors (Lipinski definition) is 5. The molecule has 0 spiro atoms. The van der Waals surface area contributed by atoms with E-state index in [0.717, 1.165) is 5.56 Å². The van der Waals surface area contributed by atoms with Gasteiger partial charge in [-0.3, -0.25) is 25.8 Å². The van der Waals surface area contributed by atoms with E-state index in [1.807, 2.05) is 19.1 Å². The van der Waals surface area contributed by atoms with E-state index in [0.29, 0.717) is 17.1 Å². The Bertz CT molecular complexity index is 776. The minimum Gasteiger partial charge on any atom is -0.497 e. The minimum atomic E-state index is -0.443. The first-order valence-electron chi connectivity index (χ1n) is 7.71. The first-order valence-corrected chi connectivity index (χ1v) is 8.12. The van der Waals surface area contributed by atoms with Crippen molar-refractivity contribution >= 4 is 29.1 Å². The van der Waals surface area contributed by atoms with E-state index in [-0.39, 0.29) is 11.7 Å². The van der Waals surface area contributed by atoms with Crippen LogP contribution < -0.4 is 25.6 Å². The van der Waals surface area contributed by atoms with Crippen LogP contribution in [-0.4, -0.2) is 30.6 Å². The Morgan fingerprint density at radius 3 is 2.19 bits per heavy atom. The lowest BCUT2D eigenvalue weighted by Gasteiger charge is -2.11. The maximum absolute atomic E-state index is 12.0. The maximum atomic E-state index is 12.0. The van der Waals surface area contributed by atoms with Gasteiger partial charge >= 0.3 is 0 Å². The van der Waals surface area contributed by atoms with Crippen molar-refractivity contribution in [2.75, 3.05) is 13.7 Å². The van der Waals surface area contributed by atoms with Gasteiger partial charge in [0.1, 0.15) is 11.5 Å². The van der Waals surface area contributed by atoms with Crippen LogP contribution in [0.25, 0.3) is 0 Å². The number of carbonyl (C=O) groups is 2. The Labute approximate surface area is 156 Å². The summed E-state index contributed by atoms with van der Waals surface area (Å²) >= 11 is 4.95. The number of benzene rings is 2. The van der Waals surface area contributed by atoms with E-state index >= 15 is 0 Å². The highest BCUT2D eigenvalue weighted by atomic mass is 32.1. The molecule has 0 aliphatic heterocycles. The van der Waals surface area contributed by atoms with Gasteiger partial charge in [-0.2, -0.15) is 0 Å². The van der Waals surface area contributed by atoms with Crippen LogP contribution in [0.4, 0.5) is 0 Å². The van der Waals surface area contributed by atoms with Gasteiger partial charge in [-0.05, 0) is 55.5 Å². The fourth-order valence-corrected chi connectivity index (χ4v) is 2.07. The van der Waals surface area contributed by atoms with E-state index in [1.54, 1.807) is 43.5 Å². The molecule has 2 aromatic rings. The third-order valence-electron chi connectivity index (χ3n) is 3.29. The second-order valence-electron chi connectivity index (χ2n) is 5.29. The molecule has 2 aromatic carbocycles. The van der Waals surface area contributed by atoms with Crippen molar-refractivity contribution < 1.29 is 19.1 Å². The first-order chi connectivity index (χ1) is 12.5. The van der Waals surface area contributed by atoms with Crippen molar-refractivity contribution in [3.05, 3.63) is 59.7 Å². The van der Waals surface area contributed by atoms with Gasteiger partial charge in [-0.25, -0.2) is 0 Å². The predicted octanol–water partition coefficient (Wildman–Crippen LogP) is 1.72. The Morgan fingerprint density at radius 1 is 0.962 bits per heavy atom. The van der Waals surface area contributed by atoms with Crippen molar-refractivity contribution in [3.8, 4) is 11.5 Å². The molecule has 2 amide bonds. The summed E-state index contributed by atoms with van der Waals surface area (Å²) in [6.07, 6.45) is 0. The van der Waals surface area contributed by atoms with Crippen LogP contribution in [0, 0.1) is 6.92 Å². The molecule has 0 atom stereocenters. The highest BCUT2D eigenvalue weighted by molar-refractivity contribution is 7.80. The Balaban J connectivity index is 1.72. The zero-order chi connectivity index (χ0) is 18.9. The van der Waals surface area contributed by atoms with Gasteiger partial charge < -0.3 is 9.47 Å². The normalized spacial score (nSPS) is 9.77. The second-order valence-corrected chi connectivity index (χ2v) is 5.69. The molecule has 0 saturated heterocycles. The molecular formula is C18H19N3O4S. The Kier molecular flexibility index (Phi) is 6.92. The molecule has 0 aliphatic rings. The lowest BCUT2D eigenvalue weighted by Crippen LogP contribution is -2.49. The molecule has 0 aliphatic carbocycles. The Hall–Kier alpha value is -3.13. The summed E-state index contributed by atoms with van der Waals surface area (Å²) in [4.78, 5) is 23.8. The van der Waals surface area contributed by atoms with E-state index in [9.17, 15) is 9.59 Å². The SMILES string of the molecule is COc1ccc(C(=O)NNC(=S)NC(=O)COc2ccc(C)cc2)cc1. The summed E-state index contributed by atoms with van der Waals surface area (Å²) in [5.74, 6) is 0.380. The fourth-order valence-electron chi connectivity index (χ4n) is 1.91. The van der Waals surface area contributed by atoms with Crippen LogP contribution >= 0.6 is 12.2 Å². The third-order valence-corrected chi connectivity index (χ3v) is 3.49. The molecule has 0 fully saturated rings. The topological polar surface area (TPSA) is 88.7 Å². The molecule has 0 radical (unpaired) electrons. The number of rotatable bonds is 5. The lowest BCUT2D eigenvalue weighted by atomic mass is 10.2. The Morgan fingerprint density at radius 2 is 1.58 bits per heavy atom. The fraction of sp³-hybridized carbons (Fsp3) is 0.167. The summed E-state index contributed by atoms with van der Waals surface area (Å²) < 4.78 is 10.4. The number of thiocarbonyl (C=S) groups is 1. The van der Waals surface area contributed by atoms with Gasteiger partial charge in [0.15, 0.2) is 11.7 Å². The van der Waals surface area contributed by atoms with Crippen LogP contribution in [0.3, 0.4) is 0 Å². The van der Waals surface area contributed by atoms with Crippen LogP contribution in [0.5, 0.6) is 11.5 Å². The molecule has 0 saturated carbocycles. The number of nitrogens with one attached hydrogen (secondary N) is 3. The van der Waals surface area contributed by atoms with Gasteiger partial charge in [0.2, 0.25) is 0 Å². The number of hydrogen-bond donors (Lipinski definition) is 3. The molecule has 2 rings (SSSR count). The van der Waals surface area contributed by atoms with Crippen molar-refractivity contribution in [1.82, 2.24) is 16.2 Å². The van der Waals surface area contributed by atoms with Crippen molar-refractivity contribution in [1.29, 1.82) is 0 Å². The highest BCUT2D eigenvalue weighted by Gasteiger charge is 2.08. The zero-order valence-electron chi connectivity index (χ0n) is 14.4. The molecule has 0 aromatic heterocycles. The minimum absolute atomic E-state index is 0.0376. The van der Waals surface area contributed by atoms with Gasteiger partial charge in [-0.15, -0.1) is 0 Å². The summed E-state index contributed by atoms with van der Waals surface area (Å²) in [7, 11) is 1.54. The predicted molar refractivity (Wildman–Crippen MR) is 101 cm³/mol. The summed E-state index contributed by atoms with van der Waals surface area (Å²) in [6, 6.07) is 13.8. The number of carbonyl (C=O) groups excluding carboxylic acids is 2. The number of hydrazine groups is 1. The first kappa shape index (κ1) is 19.2. The third kappa shape index (κ3) is 6.06. The molecule has 7 nitrogen and oxygen atoms in total. The summed E-state index contributed by atoms with van der Waals surface area (Å²) in [5.41, 5.74) is 6.36. The standard InChI is InChI=1S/C18H19N3O4S/c1-12-3-7-15(8-4-12)25-11-16(22)19-18(26)21-20-17(23)13-5-9-14(24-2)10-6-13/h3-10H,11H2,1-2H3,(H,20,23)(H2,19,21,22,26). The molecule has 0 heterocycles. The number of methoxy groups -OCH3 is 1. The number of aryl methyl sites for hydroxylation is 1. The van der Waals surface area contributed by atoms with Crippen LogP contribution in [0.2, 0.25) is 0 Å². The average Bonchev–Trinajstić information content (AvgIpc) is 2.65. The molecule has 3 N–H and O–H groups in total. The van der Waals surface area contributed by atoms with Crippen LogP contribution in [-0.2, 0) is 4.79 Å². The van der Waals surface area contributed by atoms with E-state index in [2.05, 4.69) is 16.2 Å². The molecule has 26 heavy (non-hydrogen) atoms.